The topological polar surface area (TPSA) is 65.7 Å². The monoisotopic (exact) mass is 425 g/mol. The van der Waals surface area contributed by atoms with Gasteiger partial charge in [-0.3, -0.25) is 14.5 Å². The highest BCUT2D eigenvalue weighted by atomic mass is 16.7. The fraction of sp³-hybridized carbons (Fsp3) is 0.480. The van der Waals surface area contributed by atoms with Gasteiger partial charge in [0.1, 0.15) is 5.69 Å². The van der Waals surface area contributed by atoms with E-state index in [9.17, 15) is 4.79 Å². The Morgan fingerprint density at radius 3 is 2.35 bits per heavy atom. The van der Waals surface area contributed by atoms with Crippen LogP contribution in [-0.2, 0) is 26.2 Å². The lowest BCUT2D eigenvalue weighted by Gasteiger charge is -2.22. The van der Waals surface area contributed by atoms with Crippen LogP contribution in [0.2, 0.25) is 0 Å². The third kappa shape index (κ3) is 6.29. The van der Waals surface area contributed by atoms with Gasteiger partial charge in [0.15, 0.2) is 5.76 Å². The first-order valence-electron chi connectivity index (χ1n) is 10.8. The van der Waals surface area contributed by atoms with Crippen LogP contribution in [0.5, 0.6) is 0 Å². The Kier molecular flexibility index (Phi) is 8.20. The van der Waals surface area contributed by atoms with Crippen LogP contribution < -0.4 is 0 Å². The normalized spacial score (nSPS) is 13.8. The lowest BCUT2D eigenvalue weighted by Crippen LogP contribution is -2.19. The quantitative estimate of drug-likeness (QED) is 0.246. The fourth-order valence-corrected chi connectivity index (χ4v) is 3.23. The third-order valence-electron chi connectivity index (χ3n) is 4.87. The molecule has 0 spiro atoms. The zero-order chi connectivity index (χ0) is 23.2. The van der Waals surface area contributed by atoms with Crippen LogP contribution in [0.15, 0.2) is 35.3 Å². The summed E-state index contributed by atoms with van der Waals surface area (Å²) in [6, 6.07) is 10.4. The summed E-state index contributed by atoms with van der Waals surface area (Å²) in [5.74, 6) is 0.264. The van der Waals surface area contributed by atoms with E-state index in [0.717, 1.165) is 22.5 Å². The smallest absolute Gasteiger partial charge is 0.308 e. The second kappa shape index (κ2) is 10.4. The molecule has 31 heavy (non-hydrogen) atoms. The molecule has 6 nitrogen and oxygen atoms in total. The summed E-state index contributed by atoms with van der Waals surface area (Å²) in [6.07, 6.45) is 1.31. The van der Waals surface area contributed by atoms with Crippen molar-refractivity contribution in [1.29, 1.82) is 0 Å². The van der Waals surface area contributed by atoms with Crippen molar-refractivity contribution in [3.63, 3.8) is 0 Å². The van der Waals surface area contributed by atoms with Gasteiger partial charge in [0.25, 0.3) is 0 Å². The molecule has 0 aliphatic rings. The van der Waals surface area contributed by atoms with E-state index in [-0.39, 0.29) is 17.8 Å². The number of ether oxygens (including phenoxy) is 2. The molecule has 0 fully saturated rings. The Hall–Kier alpha value is -2.89. The first-order chi connectivity index (χ1) is 14.6. The lowest BCUT2D eigenvalue weighted by molar-refractivity contribution is -0.163. The second-order valence-corrected chi connectivity index (χ2v) is 8.47. The number of aliphatic imine (C=N–C) groups is 1. The molecule has 1 aromatic carbocycles. The van der Waals surface area contributed by atoms with E-state index in [0.29, 0.717) is 12.3 Å². The number of hydrogen-bond donors (Lipinski definition) is 0. The van der Waals surface area contributed by atoms with Crippen LogP contribution in [0.1, 0.15) is 70.5 Å². The summed E-state index contributed by atoms with van der Waals surface area (Å²) in [7, 11) is 1.73. The van der Waals surface area contributed by atoms with Gasteiger partial charge in [0.2, 0.25) is 6.29 Å². The largest absolute Gasteiger partial charge is 0.452 e. The van der Waals surface area contributed by atoms with Gasteiger partial charge in [-0.15, -0.1) is 0 Å². The average Bonchev–Trinajstić information content (AvgIpc) is 3.10. The van der Waals surface area contributed by atoms with Crippen molar-refractivity contribution in [2.75, 3.05) is 7.05 Å². The molecule has 6 heteroatoms. The highest BCUT2D eigenvalue weighted by Gasteiger charge is 2.22. The maximum absolute atomic E-state index is 11.8. The first kappa shape index (κ1) is 24.4. The van der Waals surface area contributed by atoms with E-state index in [2.05, 4.69) is 55.1 Å². The van der Waals surface area contributed by atoms with Gasteiger partial charge in [0.05, 0.1) is 5.69 Å². The Bertz CT molecular complexity index is 947. The summed E-state index contributed by atoms with van der Waals surface area (Å²) in [4.78, 5) is 16.1. The average molecular weight is 426 g/mol. The SMILES string of the molecule is CCC(=O)OC(C)O/C(=C(/C=N\C)c1ccc(C(C)(C)C)cc1)c1cc(C)nn1CC. The van der Waals surface area contributed by atoms with E-state index in [1.54, 1.807) is 27.1 Å². The molecule has 2 rings (SSSR count). The second-order valence-electron chi connectivity index (χ2n) is 8.47. The number of benzene rings is 1. The zero-order valence-corrected chi connectivity index (χ0v) is 20.0. The Labute approximate surface area is 186 Å². The molecule has 0 aliphatic carbocycles. The van der Waals surface area contributed by atoms with Crippen LogP contribution >= 0.6 is 0 Å². The van der Waals surface area contributed by atoms with Crippen molar-refractivity contribution < 1.29 is 14.3 Å². The van der Waals surface area contributed by atoms with Crippen LogP contribution in [0, 0.1) is 6.92 Å². The summed E-state index contributed by atoms with van der Waals surface area (Å²) >= 11 is 0. The van der Waals surface area contributed by atoms with Gasteiger partial charge in [0, 0.05) is 38.7 Å². The molecule has 168 valence electrons. The summed E-state index contributed by atoms with van der Waals surface area (Å²) in [5, 5.41) is 4.57. The Morgan fingerprint density at radius 2 is 1.84 bits per heavy atom. The maximum atomic E-state index is 11.8. The van der Waals surface area contributed by atoms with Crippen molar-refractivity contribution in [2.45, 2.75) is 73.1 Å². The Morgan fingerprint density at radius 1 is 1.19 bits per heavy atom. The molecule has 0 amide bonds. The van der Waals surface area contributed by atoms with Crippen LogP contribution in [-0.4, -0.2) is 35.3 Å². The maximum Gasteiger partial charge on any atom is 0.308 e. The minimum atomic E-state index is -0.753. The standard InChI is InChI=1S/C25H35N3O3/c1-9-23(29)30-18(4)31-24(22-15-17(3)27-28(22)10-2)21(16-26-8)19-11-13-20(14-12-19)25(5,6)7/h11-16,18H,9-10H2,1-8H3/b24-21-,26-16-. The number of aromatic nitrogens is 2. The number of carbonyl (C=O) groups is 1. The molecule has 1 atom stereocenters. The number of nitrogens with zero attached hydrogens (tertiary/aromatic N) is 3. The molecule has 1 heterocycles. The van der Waals surface area contributed by atoms with Crippen LogP contribution in [0.3, 0.4) is 0 Å². The molecule has 0 bridgehead atoms. The first-order valence-corrected chi connectivity index (χ1v) is 10.8. The van der Waals surface area contributed by atoms with Crippen molar-refractivity contribution in [3.05, 3.63) is 52.8 Å². The minimum Gasteiger partial charge on any atom is -0.452 e. The summed E-state index contributed by atoms with van der Waals surface area (Å²) < 4.78 is 13.5. The zero-order valence-electron chi connectivity index (χ0n) is 20.0. The highest BCUT2D eigenvalue weighted by Crippen LogP contribution is 2.30. The summed E-state index contributed by atoms with van der Waals surface area (Å²) in [5.41, 5.74) is 4.76. The molecule has 1 aromatic heterocycles. The van der Waals surface area contributed by atoms with Crippen molar-refractivity contribution in [1.82, 2.24) is 9.78 Å². The van der Waals surface area contributed by atoms with Gasteiger partial charge in [-0.25, -0.2) is 0 Å². The highest BCUT2D eigenvalue weighted by molar-refractivity contribution is 6.18. The molecule has 1 unspecified atom stereocenters. The molecule has 0 N–H and O–H groups in total. The van der Waals surface area contributed by atoms with Crippen molar-refractivity contribution in [3.8, 4) is 0 Å². The fourth-order valence-electron chi connectivity index (χ4n) is 3.23. The van der Waals surface area contributed by atoms with Crippen molar-refractivity contribution >= 4 is 23.5 Å². The van der Waals surface area contributed by atoms with Crippen LogP contribution in [0.4, 0.5) is 0 Å². The predicted octanol–water partition coefficient (Wildman–Crippen LogP) is 5.39. The van der Waals surface area contributed by atoms with Gasteiger partial charge in [-0.1, -0.05) is 52.0 Å². The van der Waals surface area contributed by atoms with Gasteiger partial charge in [-0.2, -0.15) is 5.10 Å². The lowest BCUT2D eigenvalue weighted by atomic mass is 9.86. The molecule has 0 radical (unpaired) electrons. The molecule has 0 saturated carbocycles. The van der Waals surface area contributed by atoms with Gasteiger partial charge < -0.3 is 9.47 Å². The molecular formula is C25H35N3O3. The molecule has 0 aliphatic heterocycles. The molecule has 0 saturated heterocycles. The Balaban J connectivity index is 2.65. The van der Waals surface area contributed by atoms with E-state index >= 15 is 0 Å². The number of esters is 1. The van der Waals surface area contributed by atoms with Crippen LogP contribution in [0.25, 0.3) is 11.3 Å². The number of carbonyl (C=O) groups excluding carboxylic acids is 1. The predicted molar refractivity (Wildman–Crippen MR) is 126 cm³/mol. The van der Waals surface area contributed by atoms with E-state index in [4.69, 9.17) is 9.47 Å². The van der Waals surface area contributed by atoms with Gasteiger partial charge >= 0.3 is 5.97 Å². The minimum absolute atomic E-state index is 0.0569. The van der Waals surface area contributed by atoms with E-state index in [1.807, 2.05) is 24.6 Å². The number of rotatable bonds is 8. The van der Waals surface area contributed by atoms with E-state index in [1.165, 1.54) is 5.56 Å². The molecular weight excluding hydrogens is 390 g/mol. The third-order valence-corrected chi connectivity index (χ3v) is 4.87. The number of aryl methyl sites for hydroxylation is 2. The van der Waals surface area contributed by atoms with Gasteiger partial charge in [-0.05, 0) is 36.5 Å². The van der Waals surface area contributed by atoms with Crippen molar-refractivity contribution in [2.24, 2.45) is 4.99 Å². The number of allylic oxidation sites excluding steroid dienone is 1. The summed E-state index contributed by atoms with van der Waals surface area (Å²) in [6.45, 7) is 14.7. The molecule has 2 aromatic rings. The number of hydrogen-bond acceptors (Lipinski definition) is 5. The van der Waals surface area contributed by atoms with E-state index < -0.39 is 6.29 Å².